The molecule has 2 aromatic carbocycles. The third-order valence-electron chi connectivity index (χ3n) is 5.97. The van der Waals surface area contributed by atoms with Crippen LogP contribution in [0.15, 0.2) is 77.0 Å². The molecule has 1 aliphatic heterocycles. The van der Waals surface area contributed by atoms with Gasteiger partial charge in [0.15, 0.2) is 11.6 Å². The van der Waals surface area contributed by atoms with Crippen LogP contribution in [0.3, 0.4) is 0 Å². The van der Waals surface area contributed by atoms with E-state index in [9.17, 15) is 19.5 Å². The lowest BCUT2D eigenvalue weighted by Gasteiger charge is -2.22. The van der Waals surface area contributed by atoms with E-state index in [0.29, 0.717) is 23.5 Å². The number of amides is 3. The van der Waals surface area contributed by atoms with Gasteiger partial charge in [-0.25, -0.2) is 9.78 Å². The maximum Gasteiger partial charge on any atom is 0.412 e. The molecule has 0 bridgehead atoms. The maximum absolute atomic E-state index is 12.3. The van der Waals surface area contributed by atoms with Crippen LogP contribution in [-0.2, 0) is 9.53 Å². The molecule has 40 heavy (non-hydrogen) atoms. The Hall–Kier alpha value is -5.04. The standard InChI is InChI=1S/C27H29N7O6/c28-25-21(12-13-23(31-25)30-24(36)15-29-26(37)18-7-2-1-3-8-18)33-32-20-10-4-5-11-22(20)39-17-40-27(38)34-14-6-9-19(34)16-35/h1-5,7-8,10-13,19,35H,6,9,14-17H2,(H,29,37)(H3,28,30,31,36). The highest BCUT2D eigenvalue weighted by Crippen LogP contribution is 2.30. The molecule has 13 nitrogen and oxygen atoms in total. The first-order valence-electron chi connectivity index (χ1n) is 12.5. The lowest BCUT2D eigenvalue weighted by atomic mass is 10.2. The average molecular weight is 548 g/mol. The molecule has 0 spiro atoms. The number of azo groups is 1. The number of rotatable bonds is 10. The Kier molecular flexibility index (Phi) is 9.56. The number of aromatic nitrogens is 1. The average Bonchev–Trinajstić information content (AvgIpc) is 3.46. The van der Waals surface area contributed by atoms with Gasteiger partial charge in [-0.3, -0.25) is 9.59 Å². The summed E-state index contributed by atoms with van der Waals surface area (Å²) in [5.41, 5.74) is 7.05. The van der Waals surface area contributed by atoms with Gasteiger partial charge >= 0.3 is 6.09 Å². The molecule has 3 aromatic rings. The number of nitrogens with zero attached hydrogens (tertiary/aromatic N) is 4. The zero-order chi connectivity index (χ0) is 28.3. The second-order valence-corrected chi connectivity index (χ2v) is 8.71. The number of aliphatic hydroxyl groups excluding tert-OH is 1. The first-order valence-corrected chi connectivity index (χ1v) is 12.5. The van der Waals surface area contributed by atoms with Crippen LogP contribution in [0.25, 0.3) is 0 Å². The summed E-state index contributed by atoms with van der Waals surface area (Å²) in [6, 6.07) is 18.1. The van der Waals surface area contributed by atoms with Crippen molar-refractivity contribution >= 4 is 40.9 Å². The first-order chi connectivity index (χ1) is 19.4. The van der Waals surface area contributed by atoms with Crippen molar-refractivity contribution in [1.29, 1.82) is 0 Å². The van der Waals surface area contributed by atoms with E-state index in [1.165, 1.54) is 17.0 Å². The van der Waals surface area contributed by atoms with Crippen LogP contribution in [0.4, 0.5) is 27.8 Å². The fourth-order valence-electron chi connectivity index (χ4n) is 3.92. The molecule has 0 saturated carbocycles. The zero-order valence-corrected chi connectivity index (χ0v) is 21.5. The van der Waals surface area contributed by atoms with E-state index in [-0.39, 0.29) is 49.2 Å². The Morgan fingerprint density at radius 3 is 2.55 bits per heavy atom. The number of hydrogen-bond acceptors (Lipinski definition) is 10. The second kappa shape index (κ2) is 13.7. The number of ether oxygens (including phenoxy) is 2. The van der Waals surface area contributed by atoms with E-state index in [1.54, 1.807) is 54.6 Å². The summed E-state index contributed by atoms with van der Waals surface area (Å²) in [5, 5.41) is 22.8. The van der Waals surface area contributed by atoms with Gasteiger partial charge in [0.05, 0.1) is 19.2 Å². The molecule has 5 N–H and O–H groups in total. The lowest BCUT2D eigenvalue weighted by Crippen LogP contribution is -2.38. The Morgan fingerprint density at radius 2 is 1.77 bits per heavy atom. The first kappa shape index (κ1) is 28.0. The van der Waals surface area contributed by atoms with E-state index < -0.39 is 12.0 Å². The summed E-state index contributed by atoms with van der Waals surface area (Å²) in [5.74, 6) is -0.321. The van der Waals surface area contributed by atoms with Crippen LogP contribution >= 0.6 is 0 Å². The molecule has 13 heteroatoms. The Bertz CT molecular complexity index is 1370. The number of para-hydroxylation sites is 1. The van der Waals surface area contributed by atoms with Crippen LogP contribution in [0.2, 0.25) is 0 Å². The number of benzene rings is 2. The van der Waals surface area contributed by atoms with Crippen LogP contribution in [0.5, 0.6) is 5.75 Å². The fourth-order valence-corrected chi connectivity index (χ4v) is 3.92. The number of likely N-dealkylation sites (tertiary alicyclic amines) is 1. The topological polar surface area (TPSA) is 181 Å². The van der Waals surface area contributed by atoms with Gasteiger partial charge in [0.25, 0.3) is 5.91 Å². The van der Waals surface area contributed by atoms with E-state index in [2.05, 4.69) is 25.8 Å². The summed E-state index contributed by atoms with van der Waals surface area (Å²) in [6.07, 6.45) is 0.983. The van der Waals surface area contributed by atoms with Gasteiger partial charge in [0.2, 0.25) is 12.7 Å². The van der Waals surface area contributed by atoms with Gasteiger partial charge < -0.3 is 35.8 Å². The smallest absolute Gasteiger partial charge is 0.412 e. The van der Waals surface area contributed by atoms with Crippen LogP contribution in [0.1, 0.15) is 23.2 Å². The minimum atomic E-state index is -0.555. The minimum absolute atomic E-state index is 0.0197. The molecule has 3 amide bonds. The van der Waals surface area contributed by atoms with Crippen molar-refractivity contribution < 1.29 is 29.0 Å². The van der Waals surface area contributed by atoms with Crippen LogP contribution in [0, 0.1) is 0 Å². The molecule has 1 atom stereocenters. The van der Waals surface area contributed by atoms with Gasteiger partial charge in [0.1, 0.15) is 17.2 Å². The quantitative estimate of drug-likeness (QED) is 0.220. The van der Waals surface area contributed by atoms with Gasteiger partial charge in [-0.15, -0.1) is 10.2 Å². The number of aliphatic hydroxyl groups is 1. The number of carbonyl (C=O) groups excluding carboxylic acids is 3. The molecule has 2 heterocycles. The Balaban J connectivity index is 1.29. The highest BCUT2D eigenvalue weighted by Gasteiger charge is 2.29. The summed E-state index contributed by atoms with van der Waals surface area (Å²) in [6.45, 7) is -0.179. The van der Waals surface area contributed by atoms with Crippen molar-refractivity contribution in [3.63, 3.8) is 0 Å². The van der Waals surface area contributed by atoms with Gasteiger partial charge in [-0.2, -0.15) is 0 Å². The molecule has 0 radical (unpaired) electrons. The SMILES string of the molecule is Nc1nc(NC(=O)CNC(=O)c2ccccc2)ccc1N=Nc1ccccc1OCOC(=O)N1CCCC1CO. The van der Waals surface area contributed by atoms with Crippen LogP contribution < -0.4 is 21.1 Å². The molecule has 1 aromatic heterocycles. The Morgan fingerprint density at radius 1 is 1.02 bits per heavy atom. The van der Waals surface area contributed by atoms with Crippen molar-refractivity contribution in [2.45, 2.75) is 18.9 Å². The summed E-state index contributed by atoms with van der Waals surface area (Å²) >= 11 is 0. The van der Waals surface area contributed by atoms with Crippen molar-refractivity contribution in [3.8, 4) is 5.75 Å². The highest BCUT2D eigenvalue weighted by atomic mass is 16.7. The second-order valence-electron chi connectivity index (χ2n) is 8.71. The number of anilines is 2. The summed E-state index contributed by atoms with van der Waals surface area (Å²) in [4.78, 5) is 42.2. The maximum atomic E-state index is 12.3. The molecule has 1 aliphatic rings. The molecule has 1 unspecified atom stereocenters. The van der Waals surface area contributed by atoms with E-state index in [4.69, 9.17) is 15.2 Å². The molecular formula is C27H29N7O6. The predicted octanol–water partition coefficient (Wildman–Crippen LogP) is 3.38. The monoisotopic (exact) mass is 547 g/mol. The van der Waals surface area contributed by atoms with Crippen molar-refractivity contribution in [3.05, 3.63) is 72.3 Å². The molecule has 4 rings (SSSR count). The summed E-state index contributed by atoms with van der Waals surface area (Å²) in [7, 11) is 0. The van der Waals surface area contributed by atoms with Gasteiger partial charge in [-0.1, -0.05) is 30.3 Å². The molecular weight excluding hydrogens is 518 g/mol. The van der Waals surface area contributed by atoms with Crippen LogP contribution in [-0.4, -0.2) is 65.4 Å². The minimum Gasteiger partial charge on any atom is -0.455 e. The van der Waals surface area contributed by atoms with Crippen molar-refractivity contribution in [1.82, 2.24) is 15.2 Å². The molecule has 1 saturated heterocycles. The van der Waals surface area contributed by atoms with E-state index in [1.807, 2.05) is 0 Å². The third-order valence-corrected chi connectivity index (χ3v) is 5.97. The number of nitrogens with one attached hydrogen (secondary N) is 2. The fraction of sp³-hybridized carbons (Fsp3) is 0.259. The molecule has 0 aliphatic carbocycles. The summed E-state index contributed by atoms with van der Waals surface area (Å²) < 4.78 is 10.8. The number of nitrogens with two attached hydrogens (primary N) is 1. The van der Waals surface area contributed by atoms with Gasteiger partial charge in [0, 0.05) is 12.1 Å². The third kappa shape index (κ3) is 7.51. The van der Waals surface area contributed by atoms with Crippen molar-refractivity contribution in [2.24, 2.45) is 10.2 Å². The number of hydrogen-bond donors (Lipinski definition) is 4. The number of carbonyl (C=O) groups is 3. The zero-order valence-electron chi connectivity index (χ0n) is 21.5. The normalized spacial score (nSPS) is 14.6. The van der Waals surface area contributed by atoms with E-state index in [0.717, 1.165) is 12.8 Å². The number of nitrogen functional groups attached to an aromatic ring is 1. The van der Waals surface area contributed by atoms with Gasteiger partial charge in [-0.05, 0) is 49.2 Å². The van der Waals surface area contributed by atoms with Crippen molar-refractivity contribution in [2.75, 3.05) is 37.5 Å². The highest BCUT2D eigenvalue weighted by molar-refractivity contribution is 5.99. The van der Waals surface area contributed by atoms with E-state index >= 15 is 0 Å². The molecule has 208 valence electrons. The largest absolute Gasteiger partial charge is 0.455 e. The number of pyridine rings is 1. The lowest BCUT2D eigenvalue weighted by molar-refractivity contribution is -0.115. The predicted molar refractivity (Wildman–Crippen MR) is 145 cm³/mol. The molecule has 1 fully saturated rings. The Labute approximate surface area is 230 Å².